The molecule has 5 fully saturated rings. The van der Waals surface area contributed by atoms with Crippen molar-refractivity contribution in [2.45, 2.75) is 69.9 Å². The molecule has 5 aliphatic carbocycles. The Labute approximate surface area is 264 Å². The monoisotopic (exact) mass is 618 g/mol. The van der Waals surface area contributed by atoms with Gasteiger partial charge in [0.25, 0.3) is 0 Å². The Morgan fingerprint density at radius 1 is 1.16 bits per heavy atom. The average Bonchev–Trinajstić information content (AvgIpc) is 3.13. The van der Waals surface area contributed by atoms with Crippen LogP contribution in [0.1, 0.15) is 64.2 Å². The number of thioether (sulfide) groups is 1. The molecule has 5 N–H and O–H groups in total. The molecule has 9 nitrogen and oxygen atoms in total. The second-order valence-corrected chi connectivity index (χ2v) is 15.1. The van der Waals surface area contributed by atoms with Gasteiger partial charge in [-0.1, -0.05) is 18.2 Å². The van der Waals surface area contributed by atoms with Crippen molar-refractivity contribution in [2.24, 2.45) is 40.7 Å². The van der Waals surface area contributed by atoms with Gasteiger partial charge in [-0.3, -0.25) is 4.79 Å². The first-order valence-corrected chi connectivity index (χ1v) is 17.9. The molecule has 4 saturated carbocycles. The van der Waals surface area contributed by atoms with Gasteiger partial charge in [-0.25, -0.2) is 9.78 Å². The van der Waals surface area contributed by atoms with Crippen LogP contribution in [0.15, 0.2) is 42.5 Å². The Morgan fingerprint density at radius 3 is 2.64 bits per heavy atom. The van der Waals surface area contributed by atoms with Crippen LogP contribution in [0.5, 0.6) is 0 Å². The molecule has 3 unspecified atom stereocenters. The molecule has 3 atom stereocenters. The summed E-state index contributed by atoms with van der Waals surface area (Å²) >= 11 is 1.70. The molecule has 1 saturated heterocycles. The Morgan fingerprint density at radius 2 is 1.93 bits per heavy atom. The van der Waals surface area contributed by atoms with E-state index >= 15 is 0 Å². The molecule has 1 aromatic carbocycles. The number of nitrogens with zero attached hydrogens (tertiary/aromatic N) is 2. The van der Waals surface area contributed by atoms with Gasteiger partial charge < -0.3 is 21.3 Å². The molecular weight excluding hydrogens is 572 g/mol. The number of hydroxylamine groups is 1. The fraction of sp³-hybridized carbons (Fsp3) is 0.618. The van der Waals surface area contributed by atoms with Crippen molar-refractivity contribution in [3.8, 4) is 0 Å². The van der Waals surface area contributed by atoms with E-state index in [9.17, 15) is 9.59 Å². The van der Waals surface area contributed by atoms with E-state index < -0.39 is 11.6 Å². The highest BCUT2D eigenvalue weighted by Gasteiger charge is 2.53. The predicted octanol–water partition coefficient (Wildman–Crippen LogP) is 5.46. The molecule has 2 heterocycles. The van der Waals surface area contributed by atoms with E-state index in [4.69, 9.17) is 15.6 Å². The van der Waals surface area contributed by atoms with E-state index in [1.54, 1.807) is 11.8 Å². The Balaban J connectivity index is 1.10. The average molecular weight is 619 g/mol. The van der Waals surface area contributed by atoms with Gasteiger partial charge in [-0.2, -0.15) is 22.3 Å². The molecule has 4 bridgehead atoms. The number of benzene rings is 1. The molecule has 8 rings (SSSR count). The van der Waals surface area contributed by atoms with E-state index in [1.165, 1.54) is 38.5 Å². The Kier molecular flexibility index (Phi) is 8.37. The van der Waals surface area contributed by atoms with E-state index in [1.807, 2.05) is 35.3 Å². The molecular formula is C34H46N6O3S. The molecule has 236 valence electrons. The highest BCUT2D eigenvalue weighted by molar-refractivity contribution is 7.98. The zero-order valence-corrected chi connectivity index (χ0v) is 26.5. The number of carbonyl (C=O) groups is 2. The Hall–Kier alpha value is -2.66. The van der Waals surface area contributed by atoms with Crippen LogP contribution in [0, 0.1) is 35.0 Å². The second-order valence-electron chi connectivity index (χ2n) is 14.2. The number of aromatic nitrogens is 1. The van der Waals surface area contributed by atoms with Crippen molar-refractivity contribution in [3.63, 3.8) is 0 Å². The lowest BCUT2D eigenvalue weighted by molar-refractivity contribution is -0.165. The maximum Gasteiger partial charge on any atom is 0.362 e. The molecule has 44 heavy (non-hydrogen) atoms. The van der Waals surface area contributed by atoms with Gasteiger partial charge >= 0.3 is 5.97 Å². The molecule has 0 radical (unpaired) electrons. The minimum atomic E-state index is -1.38. The zero-order valence-electron chi connectivity index (χ0n) is 25.7. The van der Waals surface area contributed by atoms with Crippen molar-refractivity contribution in [3.05, 3.63) is 42.5 Å². The topological polar surface area (TPSA) is 122 Å². The number of anilines is 2. The van der Waals surface area contributed by atoms with E-state index in [-0.39, 0.29) is 23.2 Å². The lowest BCUT2D eigenvalue weighted by atomic mass is 9.49. The van der Waals surface area contributed by atoms with Crippen molar-refractivity contribution < 1.29 is 14.4 Å². The minimum absolute atomic E-state index is 0.113. The standard InChI is InChI=1S/C34H46N6O3S/c1-44-21-27(25-6-3-2-4-7-25)34(35)32(42)43-36-12-13-40(34)39-30-11-10-26-28(37-30)8-5-9-29(26)38-31(41)20-33-17-22-14-23(18-33)16-24(15-22)19-33/h2-3,5,8-11,22-25,27,36H,4,6-7,12-21,35H2,1H3,(H,37,39)(H,38,41). The summed E-state index contributed by atoms with van der Waals surface area (Å²) in [6.07, 6.45) is 17.7. The van der Waals surface area contributed by atoms with E-state index in [0.717, 1.165) is 59.4 Å². The third-order valence-corrected chi connectivity index (χ3v) is 11.8. The second kappa shape index (κ2) is 12.3. The molecule has 1 aliphatic heterocycles. The van der Waals surface area contributed by atoms with Gasteiger partial charge in [0, 0.05) is 30.8 Å². The molecule has 0 spiro atoms. The van der Waals surface area contributed by atoms with Crippen LogP contribution in [0.25, 0.3) is 10.9 Å². The van der Waals surface area contributed by atoms with E-state index in [2.05, 4.69) is 34.6 Å². The number of hydrogen-bond acceptors (Lipinski definition) is 9. The fourth-order valence-electron chi connectivity index (χ4n) is 9.64. The van der Waals surface area contributed by atoms with E-state index in [0.29, 0.717) is 25.3 Å². The number of pyridine rings is 1. The van der Waals surface area contributed by atoms with Crippen LogP contribution >= 0.6 is 11.8 Å². The summed E-state index contributed by atoms with van der Waals surface area (Å²) < 4.78 is 0. The van der Waals surface area contributed by atoms with Gasteiger partial charge in [0.1, 0.15) is 5.82 Å². The van der Waals surface area contributed by atoms with Crippen LogP contribution in [-0.4, -0.2) is 52.6 Å². The number of amides is 1. The SMILES string of the molecule is CSCC(C1CC=CCC1)C1(N)C(=O)ONCCN1Nc1ccc2c(NC(=O)CC34CC5CC(CC(C5)C3)C4)cccc2n1. The number of nitrogens with one attached hydrogen (secondary N) is 3. The Bertz CT molecular complexity index is 1400. The molecule has 6 aliphatic rings. The summed E-state index contributed by atoms with van der Waals surface area (Å²) in [5, 5.41) is 5.96. The summed E-state index contributed by atoms with van der Waals surface area (Å²) in [7, 11) is 0. The zero-order chi connectivity index (χ0) is 30.3. The van der Waals surface area contributed by atoms with Crippen LogP contribution < -0.4 is 22.0 Å². The van der Waals surface area contributed by atoms with Gasteiger partial charge in [-0.15, -0.1) is 0 Å². The fourth-order valence-corrected chi connectivity index (χ4v) is 10.5. The number of hydrazine groups is 1. The first-order valence-electron chi connectivity index (χ1n) is 16.5. The van der Waals surface area contributed by atoms with Crippen LogP contribution in [0.2, 0.25) is 0 Å². The normalized spacial score (nSPS) is 34.0. The van der Waals surface area contributed by atoms with Crippen molar-refractivity contribution >= 4 is 46.0 Å². The first kappa shape index (κ1) is 30.0. The molecule has 1 aromatic heterocycles. The smallest absolute Gasteiger partial charge is 0.362 e. The lowest BCUT2D eigenvalue weighted by Gasteiger charge is -2.56. The van der Waals surface area contributed by atoms with Crippen molar-refractivity contribution in [2.75, 3.05) is 35.8 Å². The number of carbonyl (C=O) groups excluding carboxylic acids is 2. The van der Waals surface area contributed by atoms with Gasteiger partial charge in [0.15, 0.2) is 5.66 Å². The summed E-state index contributed by atoms with van der Waals surface area (Å²) in [6, 6.07) is 9.73. The van der Waals surface area contributed by atoms with Gasteiger partial charge in [0.2, 0.25) is 5.91 Å². The summed E-state index contributed by atoms with van der Waals surface area (Å²) in [5.41, 5.74) is 13.6. The third kappa shape index (κ3) is 5.74. The third-order valence-electron chi connectivity index (χ3n) is 11.1. The number of nitrogens with two attached hydrogens (primary N) is 1. The van der Waals surface area contributed by atoms with Crippen molar-refractivity contribution in [1.29, 1.82) is 0 Å². The van der Waals surface area contributed by atoms with Gasteiger partial charge in [-0.05, 0) is 123 Å². The van der Waals surface area contributed by atoms with Crippen LogP contribution in [0.4, 0.5) is 11.5 Å². The number of fused-ring (bicyclic) bond motifs is 1. The predicted molar refractivity (Wildman–Crippen MR) is 175 cm³/mol. The van der Waals surface area contributed by atoms with Crippen molar-refractivity contribution in [1.82, 2.24) is 15.5 Å². The maximum absolute atomic E-state index is 13.5. The highest BCUT2D eigenvalue weighted by atomic mass is 32.2. The minimum Gasteiger partial charge on any atom is -0.368 e. The first-order chi connectivity index (χ1) is 21.3. The van der Waals surface area contributed by atoms with Crippen LogP contribution in [-0.2, 0) is 14.4 Å². The molecule has 2 aromatic rings. The van der Waals surface area contributed by atoms with Gasteiger partial charge in [0.05, 0.1) is 11.2 Å². The number of rotatable bonds is 9. The molecule has 10 heteroatoms. The number of allylic oxidation sites excluding steroid dienone is 2. The summed E-state index contributed by atoms with van der Waals surface area (Å²) in [4.78, 5) is 37.3. The highest BCUT2D eigenvalue weighted by Crippen LogP contribution is 2.61. The summed E-state index contributed by atoms with van der Waals surface area (Å²) in [5.74, 6) is 3.57. The maximum atomic E-state index is 13.5. The van der Waals surface area contributed by atoms with Crippen LogP contribution in [0.3, 0.4) is 0 Å². The largest absolute Gasteiger partial charge is 0.368 e. The molecule has 1 amide bonds. The summed E-state index contributed by atoms with van der Waals surface area (Å²) in [6.45, 7) is 0.886. The quantitative estimate of drug-likeness (QED) is 0.272. The lowest BCUT2D eigenvalue weighted by Crippen LogP contribution is -2.69. The number of hydrogen-bond donors (Lipinski definition) is 4.